The molecular weight excluding hydrogens is 208 g/mol. The SMILES string of the molecule is Cc1cc([N+](=O)[O-])ccc1-c1cc(N)n[nH]1. The molecule has 16 heavy (non-hydrogen) atoms. The van der Waals surface area contributed by atoms with Gasteiger partial charge in [-0.15, -0.1) is 0 Å². The highest BCUT2D eigenvalue weighted by Gasteiger charge is 2.10. The van der Waals surface area contributed by atoms with Gasteiger partial charge < -0.3 is 5.73 Å². The van der Waals surface area contributed by atoms with E-state index in [-0.39, 0.29) is 5.69 Å². The highest BCUT2D eigenvalue weighted by molar-refractivity contribution is 5.67. The lowest BCUT2D eigenvalue weighted by molar-refractivity contribution is -0.384. The molecule has 0 aliphatic heterocycles. The standard InChI is InChI=1S/C10H10N4O2/c1-6-4-7(14(15)16)2-3-8(6)9-5-10(11)13-12-9/h2-5H,1H3,(H3,11,12,13). The smallest absolute Gasteiger partial charge is 0.269 e. The Hall–Kier alpha value is -2.37. The molecule has 0 bridgehead atoms. The van der Waals surface area contributed by atoms with Crippen LogP contribution in [-0.4, -0.2) is 15.1 Å². The number of aromatic nitrogens is 2. The number of nitrogens with one attached hydrogen (secondary N) is 1. The molecule has 6 heteroatoms. The lowest BCUT2D eigenvalue weighted by atomic mass is 10.1. The van der Waals surface area contributed by atoms with Crippen molar-refractivity contribution in [3.8, 4) is 11.3 Å². The molecule has 0 radical (unpaired) electrons. The van der Waals surface area contributed by atoms with Crippen molar-refractivity contribution in [3.63, 3.8) is 0 Å². The molecule has 6 nitrogen and oxygen atoms in total. The van der Waals surface area contributed by atoms with Gasteiger partial charge in [-0.25, -0.2) is 0 Å². The van der Waals surface area contributed by atoms with Gasteiger partial charge in [0.15, 0.2) is 0 Å². The molecule has 0 unspecified atom stereocenters. The Morgan fingerprint density at radius 2 is 2.19 bits per heavy atom. The Balaban J connectivity index is 2.47. The summed E-state index contributed by atoms with van der Waals surface area (Å²) in [6.07, 6.45) is 0. The topological polar surface area (TPSA) is 97.8 Å². The number of rotatable bonds is 2. The third kappa shape index (κ3) is 1.72. The van der Waals surface area contributed by atoms with Crippen molar-refractivity contribution in [2.24, 2.45) is 0 Å². The minimum atomic E-state index is -0.419. The molecule has 0 saturated carbocycles. The van der Waals surface area contributed by atoms with Gasteiger partial charge in [0, 0.05) is 23.8 Å². The number of nitrogen functional groups attached to an aromatic ring is 1. The zero-order valence-electron chi connectivity index (χ0n) is 8.60. The van der Waals surface area contributed by atoms with Gasteiger partial charge in [-0.1, -0.05) is 0 Å². The number of nitro groups is 1. The van der Waals surface area contributed by atoms with E-state index in [1.165, 1.54) is 12.1 Å². The number of non-ortho nitro benzene ring substituents is 1. The summed E-state index contributed by atoms with van der Waals surface area (Å²) in [7, 11) is 0. The van der Waals surface area contributed by atoms with Crippen LogP contribution in [0.25, 0.3) is 11.3 Å². The zero-order valence-corrected chi connectivity index (χ0v) is 8.60. The van der Waals surface area contributed by atoms with Crippen molar-refractivity contribution in [3.05, 3.63) is 39.9 Å². The first-order chi connectivity index (χ1) is 7.58. The van der Waals surface area contributed by atoms with Gasteiger partial charge >= 0.3 is 0 Å². The Labute approximate surface area is 91.2 Å². The van der Waals surface area contributed by atoms with Crippen LogP contribution in [0.15, 0.2) is 24.3 Å². The number of benzene rings is 1. The van der Waals surface area contributed by atoms with E-state index in [9.17, 15) is 10.1 Å². The first-order valence-electron chi connectivity index (χ1n) is 4.64. The fraction of sp³-hybridized carbons (Fsp3) is 0.100. The van der Waals surface area contributed by atoms with Crippen LogP contribution in [0.3, 0.4) is 0 Å². The van der Waals surface area contributed by atoms with Crippen LogP contribution in [0.5, 0.6) is 0 Å². The lowest BCUT2D eigenvalue weighted by Gasteiger charge is -2.02. The Morgan fingerprint density at radius 3 is 2.69 bits per heavy atom. The van der Waals surface area contributed by atoms with Crippen LogP contribution in [0.2, 0.25) is 0 Å². The average molecular weight is 218 g/mol. The summed E-state index contributed by atoms with van der Waals surface area (Å²) in [5.74, 6) is 0.396. The number of anilines is 1. The number of aryl methyl sites for hydroxylation is 1. The van der Waals surface area contributed by atoms with Crippen LogP contribution in [0.1, 0.15) is 5.56 Å². The van der Waals surface area contributed by atoms with E-state index >= 15 is 0 Å². The van der Waals surface area contributed by atoms with E-state index in [1.54, 1.807) is 19.1 Å². The molecule has 0 atom stereocenters. The van der Waals surface area contributed by atoms with Crippen LogP contribution < -0.4 is 5.73 Å². The van der Waals surface area contributed by atoms with E-state index in [1.807, 2.05) is 0 Å². The second-order valence-electron chi connectivity index (χ2n) is 3.46. The maximum atomic E-state index is 10.6. The van der Waals surface area contributed by atoms with Crippen molar-refractivity contribution >= 4 is 11.5 Å². The van der Waals surface area contributed by atoms with Gasteiger partial charge in [0.05, 0.1) is 10.6 Å². The molecule has 1 aromatic carbocycles. The molecule has 1 heterocycles. The van der Waals surface area contributed by atoms with Crippen LogP contribution in [0, 0.1) is 17.0 Å². The Kier molecular flexibility index (Phi) is 2.32. The first kappa shape index (κ1) is 10.2. The monoisotopic (exact) mass is 218 g/mol. The lowest BCUT2D eigenvalue weighted by Crippen LogP contribution is -1.90. The number of hydrogen-bond donors (Lipinski definition) is 2. The minimum absolute atomic E-state index is 0.0775. The molecule has 2 aromatic rings. The van der Waals surface area contributed by atoms with Crippen molar-refractivity contribution in [2.45, 2.75) is 6.92 Å². The van der Waals surface area contributed by atoms with E-state index in [0.717, 1.165) is 16.8 Å². The maximum Gasteiger partial charge on any atom is 0.269 e. The van der Waals surface area contributed by atoms with Gasteiger partial charge in [-0.05, 0) is 18.6 Å². The number of nitro benzene ring substituents is 1. The molecule has 0 amide bonds. The Bertz CT molecular complexity index is 548. The van der Waals surface area contributed by atoms with Crippen LogP contribution in [0.4, 0.5) is 11.5 Å². The molecule has 0 spiro atoms. The summed E-state index contributed by atoms with van der Waals surface area (Å²) in [5, 5.41) is 17.1. The predicted octanol–water partition coefficient (Wildman–Crippen LogP) is 1.88. The fourth-order valence-electron chi connectivity index (χ4n) is 1.54. The van der Waals surface area contributed by atoms with Crippen molar-refractivity contribution < 1.29 is 4.92 Å². The van der Waals surface area contributed by atoms with E-state index < -0.39 is 4.92 Å². The summed E-state index contributed by atoms with van der Waals surface area (Å²) < 4.78 is 0. The van der Waals surface area contributed by atoms with Crippen molar-refractivity contribution in [2.75, 3.05) is 5.73 Å². The summed E-state index contributed by atoms with van der Waals surface area (Å²) >= 11 is 0. The number of H-pyrrole nitrogens is 1. The third-order valence-corrected chi connectivity index (χ3v) is 2.31. The second kappa shape index (κ2) is 3.65. The molecule has 0 saturated heterocycles. The maximum absolute atomic E-state index is 10.6. The summed E-state index contributed by atoms with van der Waals surface area (Å²) in [6.45, 7) is 1.80. The second-order valence-corrected chi connectivity index (χ2v) is 3.46. The minimum Gasteiger partial charge on any atom is -0.382 e. The molecule has 0 aliphatic carbocycles. The molecule has 1 aromatic heterocycles. The normalized spacial score (nSPS) is 10.3. The highest BCUT2D eigenvalue weighted by Crippen LogP contribution is 2.26. The van der Waals surface area contributed by atoms with E-state index in [0.29, 0.717) is 5.82 Å². The summed E-state index contributed by atoms with van der Waals surface area (Å²) in [4.78, 5) is 10.2. The largest absolute Gasteiger partial charge is 0.382 e. The predicted molar refractivity (Wildman–Crippen MR) is 59.8 cm³/mol. The van der Waals surface area contributed by atoms with Gasteiger partial charge in [-0.2, -0.15) is 5.10 Å². The molecule has 3 N–H and O–H groups in total. The zero-order chi connectivity index (χ0) is 11.7. The quantitative estimate of drug-likeness (QED) is 0.593. The number of nitrogens with two attached hydrogens (primary N) is 1. The number of aromatic amines is 1. The van der Waals surface area contributed by atoms with Crippen LogP contribution in [-0.2, 0) is 0 Å². The van der Waals surface area contributed by atoms with Crippen molar-refractivity contribution in [1.82, 2.24) is 10.2 Å². The van der Waals surface area contributed by atoms with Gasteiger partial charge in [-0.3, -0.25) is 15.2 Å². The van der Waals surface area contributed by atoms with Gasteiger partial charge in [0.1, 0.15) is 5.82 Å². The van der Waals surface area contributed by atoms with Crippen molar-refractivity contribution in [1.29, 1.82) is 0 Å². The number of hydrogen-bond acceptors (Lipinski definition) is 4. The van der Waals surface area contributed by atoms with Gasteiger partial charge in [0.25, 0.3) is 5.69 Å². The third-order valence-electron chi connectivity index (χ3n) is 2.31. The number of nitrogens with zero attached hydrogens (tertiary/aromatic N) is 2. The first-order valence-corrected chi connectivity index (χ1v) is 4.64. The molecule has 82 valence electrons. The molecule has 2 rings (SSSR count). The summed E-state index contributed by atoms with van der Waals surface area (Å²) in [5.41, 5.74) is 7.99. The average Bonchev–Trinajstić information content (AvgIpc) is 2.64. The van der Waals surface area contributed by atoms with Crippen LogP contribution >= 0.6 is 0 Å². The van der Waals surface area contributed by atoms with E-state index in [2.05, 4.69) is 10.2 Å². The highest BCUT2D eigenvalue weighted by atomic mass is 16.6. The van der Waals surface area contributed by atoms with Gasteiger partial charge in [0.2, 0.25) is 0 Å². The fourth-order valence-corrected chi connectivity index (χ4v) is 1.54. The summed E-state index contributed by atoms with van der Waals surface area (Å²) in [6, 6.07) is 6.35. The molecular formula is C10H10N4O2. The molecule has 0 aliphatic rings. The molecule has 0 fully saturated rings. The van der Waals surface area contributed by atoms with E-state index in [4.69, 9.17) is 5.73 Å². The Morgan fingerprint density at radius 1 is 1.44 bits per heavy atom.